The number of hydrogen-bond acceptors (Lipinski definition) is 6. The molecule has 3 rings (SSSR count). The summed E-state index contributed by atoms with van der Waals surface area (Å²) in [5.74, 6) is -0.790. The number of halogens is 1. The van der Waals surface area contributed by atoms with Gasteiger partial charge in [0.15, 0.2) is 0 Å². The molecule has 126 valence electrons. The van der Waals surface area contributed by atoms with Crippen molar-refractivity contribution >= 4 is 11.3 Å². The molecule has 0 saturated carbocycles. The van der Waals surface area contributed by atoms with Crippen molar-refractivity contribution in [3.8, 4) is 10.8 Å². The van der Waals surface area contributed by atoms with Gasteiger partial charge in [0.05, 0.1) is 30.7 Å². The van der Waals surface area contributed by atoms with Crippen LogP contribution in [0, 0.1) is 5.82 Å². The molecule has 1 unspecified atom stereocenters. The molecule has 1 atom stereocenters. The van der Waals surface area contributed by atoms with Crippen LogP contribution in [-0.2, 0) is 17.9 Å². The van der Waals surface area contributed by atoms with Crippen LogP contribution < -0.4 is 5.76 Å². The van der Waals surface area contributed by atoms with Crippen LogP contribution in [0.1, 0.15) is 5.56 Å². The molecule has 0 amide bonds. The largest absolute Gasteiger partial charge is 0.437 e. The molecule has 2 heterocycles. The van der Waals surface area contributed by atoms with Crippen molar-refractivity contribution in [3.05, 3.63) is 63.7 Å². The van der Waals surface area contributed by atoms with Crippen molar-refractivity contribution in [1.82, 2.24) is 9.78 Å². The number of hydrogen-bond donors (Lipinski definition) is 1. The first-order chi connectivity index (χ1) is 11.6. The molecule has 0 bridgehead atoms. The van der Waals surface area contributed by atoms with E-state index in [1.54, 1.807) is 24.3 Å². The van der Waals surface area contributed by atoms with Crippen LogP contribution in [0.4, 0.5) is 4.39 Å². The van der Waals surface area contributed by atoms with Crippen LogP contribution in [-0.4, -0.2) is 27.6 Å². The second-order valence-electron chi connectivity index (χ2n) is 5.09. The van der Waals surface area contributed by atoms with Crippen molar-refractivity contribution in [2.45, 2.75) is 19.3 Å². The summed E-state index contributed by atoms with van der Waals surface area (Å²) in [5, 5.41) is 15.8. The zero-order chi connectivity index (χ0) is 16.9. The maximum absolute atomic E-state index is 13.4. The van der Waals surface area contributed by atoms with Gasteiger partial charge in [-0.3, -0.25) is 0 Å². The highest BCUT2D eigenvalue weighted by atomic mass is 32.1. The maximum Gasteiger partial charge on any atom is 0.437 e. The van der Waals surface area contributed by atoms with Crippen molar-refractivity contribution in [1.29, 1.82) is 0 Å². The van der Waals surface area contributed by atoms with Crippen molar-refractivity contribution in [3.63, 3.8) is 0 Å². The molecule has 24 heavy (non-hydrogen) atoms. The minimum atomic E-state index is -0.962. The molecule has 0 aliphatic carbocycles. The fourth-order valence-corrected chi connectivity index (χ4v) is 2.74. The van der Waals surface area contributed by atoms with Gasteiger partial charge in [0.1, 0.15) is 5.82 Å². The first kappa shape index (κ1) is 16.6. The van der Waals surface area contributed by atoms with E-state index in [2.05, 4.69) is 5.10 Å². The Balaban J connectivity index is 1.55. The van der Waals surface area contributed by atoms with Crippen LogP contribution in [0.3, 0.4) is 0 Å². The quantitative estimate of drug-likeness (QED) is 0.707. The molecule has 8 heteroatoms. The molecule has 2 aromatic heterocycles. The first-order valence-electron chi connectivity index (χ1n) is 7.24. The van der Waals surface area contributed by atoms with Crippen molar-refractivity contribution in [2.75, 3.05) is 6.61 Å². The average molecular weight is 350 g/mol. The van der Waals surface area contributed by atoms with E-state index in [-0.39, 0.29) is 31.5 Å². The summed E-state index contributed by atoms with van der Waals surface area (Å²) in [4.78, 5) is 12.5. The fourth-order valence-electron chi connectivity index (χ4n) is 2.09. The van der Waals surface area contributed by atoms with Crippen LogP contribution in [0.5, 0.6) is 0 Å². The smallest absolute Gasteiger partial charge is 0.389 e. The molecule has 3 aromatic rings. The molecule has 0 saturated heterocycles. The zero-order valence-corrected chi connectivity index (χ0v) is 13.4. The van der Waals surface area contributed by atoms with Gasteiger partial charge in [-0.2, -0.15) is 4.68 Å². The fraction of sp³-hybridized carbons (Fsp3) is 0.250. The summed E-state index contributed by atoms with van der Waals surface area (Å²) < 4.78 is 24.8. The van der Waals surface area contributed by atoms with E-state index in [4.69, 9.17) is 9.15 Å². The maximum atomic E-state index is 13.4. The molecule has 1 N–H and O–H groups in total. The number of rotatable bonds is 7. The van der Waals surface area contributed by atoms with Crippen molar-refractivity contribution < 1.29 is 18.7 Å². The Kier molecular flexibility index (Phi) is 5.19. The predicted octanol–water partition coefficient (Wildman–Crippen LogP) is 2.28. The van der Waals surface area contributed by atoms with Gasteiger partial charge in [-0.05, 0) is 17.5 Å². The molecule has 1 aromatic carbocycles. The molecule has 0 spiro atoms. The Morgan fingerprint density at radius 2 is 2.17 bits per heavy atom. The molecular formula is C16H15FN2O4S. The summed E-state index contributed by atoms with van der Waals surface area (Å²) in [6.45, 7) is -0.0785. The molecule has 0 fully saturated rings. The standard InChI is InChI=1S/C16H15FN2O4S/c17-13-5-2-1-4-11(13)9-22-10-12(20)8-19-16(21)23-15(18-19)14-6-3-7-24-14/h1-7,12,20H,8-10H2. The SMILES string of the molecule is O=c1oc(-c2cccs2)nn1CC(O)COCc1ccccc1F. The number of aromatic nitrogens is 2. The van der Waals surface area contributed by atoms with E-state index in [1.165, 1.54) is 17.4 Å². The van der Waals surface area contributed by atoms with Crippen LogP contribution in [0.15, 0.2) is 51.0 Å². The summed E-state index contributed by atoms with van der Waals surface area (Å²) in [6.07, 6.45) is -0.962. The number of ether oxygens (including phenoxy) is 1. The number of thiophene rings is 1. The van der Waals surface area contributed by atoms with Gasteiger partial charge in [0.2, 0.25) is 0 Å². The average Bonchev–Trinajstić information content (AvgIpc) is 3.20. The molecule has 0 aliphatic rings. The second-order valence-corrected chi connectivity index (χ2v) is 6.04. The summed E-state index contributed by atoms with van der Waals surface area (Å²) >= 11 is 1.40. The Hall–Kier alpha value is -2.29. The predicted molar refractivity (Wildman–Crippen MR) is 86.1 cm³/mol. The number of benzene rings is 1. The highest BCUT2D eigenvalue weighted by Gasteiger charge is 2.14. The zero-order valence-electron chi connectivity index (χ0n) is 12.6. The summed E-state index contributed by atoms with van der Waals surface area (Å²) in [7, 11) is 0. The van der Waals surface area contributed by atoms with Gasteiger partial charge in [-0.25, -0.2) is 9.18 Å². The lowest BCUT2D eigenvalue weighted by Gasteiger charge is -2.10. The summed E-state index contributed by atoms with van der Waals surface area (Å²) in [6, 6.07) is 9.86. The van der Waals surface area contributed by atoms with E-state index in [1.807, 2.05) is 11.4 Å². The third kappa shape index (κ3) is 3.97. The molecule has 6 nitrogen and oxygen atoms in total. The minimum absolute atomic E-state index is 0.0396. The lowest BCUT2D eigenvalue weighted by molar-refractivity contribution is 0.0169. The van der Waals surface area contributed by atoms with Gasteiger partial charge < -0.3 is 14.3 Å². The Morgan fingerprint density at radius 1 is 1.33 bits per heavy atom. The van der Waals surface area contributed by atoms with Gasteiger partial charge in [-0.1, -0.05) is 24.3 Å². The van der Waals surface area contributed by atoms with Gasteiger partial charge in [0.25, 0.3) is 5.89 Å². The second kappa shape index (κ2) is 7.52. The monoisotopic (exact) mass is 350 g/mol. The van der Waals surface area contributed by atoms with Gasteiger partial charge in [0, 0.05) is 5.56 Å². The van der Waals surface area contributed by atoms with E-state index < -0.39 is 11.9 Å². The van der Waals surface area contributed by atoms with Crippen LogP contribution >= 0.6 is 11.3 Å². The Labute approximate surface area is 140 Å². The van der Waals surface area contributed by atoms with E-state index in [9.17, 15) is 14.3 Å². The molecule has 0 aliphatic heterocycles. The Bertz CT molecular complexity index is 844. The van der Waals surface area contributed by atoms with Gasteiger partial charge in [-0.15, -0.1) is 16.4 Å². The number of aliphatic hydroxyl groups is 1. The van der Waals surface area contributed by atoms with E-state index in [0.717, 1.165) is 9.56 Å². The van der Waals surface area contributed by atoms with Crippen LogP contribution in [0.2, 0.25) is 0 Å². The number of aliphatic hydroxyl groups excluding tert-OH is 1. The van der Waals surface area contributed by atoms with Crippen LogP contribution in [0.25, 0.3) is 10.8 Å². The Morgan fingerprint density at radius 3 is 2.92 bits per heavy atom. The van der Waals surface area contributed by atoms with Crippen molar-refractivity contribution in [2.24, 2.45) is 0 Å². The third-order valence-corrected chi connectivity index (χ3v) is 4.11. The molecule has 0 radical (unpaired) electrons. The third-order valence-electron chi connectivity index (χ3n) is 3.25. The topological polar surface area (TPSA) is 77.5 Å². The van der Waals surface area contributed by atoms with E-state index in [0.29, 0.717) is 5.56 Å². The minimum Gasteiger partial charge on any atom is -0.389 e. The normalized spacial score (nSPS) is 12.4. The lowest BCUT2D eigenvalue weighted by atomic mass is 10.2. The van der Waals surface area contributed by atoms with E-state index >= 15 is 0 Å². The lowest BCUT2D eigenvalue weighted by Crippen LogP contribution is -2.28. The summed E-state index contributed by atoms with van der Waals surface area (Å²) in [5.41, 5.74) is 0.406. The number of nitrogens with zero attached hydrogens (tertiary/aromatic N) is 2. The first-order valence-corrected chi connectivity index (χ1v) is 8.12. The van der Waals surface area contributed by atoms with Gasteiger partial charge >= 0.3 is 5.76 Å². The highest BCUT2D eigenvalue weighted by Crippen LogP contribution is 2.21. The highest BCUT2D eigenvalue weighted by molar-refractivity contribution is 7.13. The molecular weight excluding hydrogens is 335 g/mol.